The smallest absolute Gasteiger partial charge is 0.170 e. The molecule has 6 heteroatoms. The van der Waals surface area contributed by atoms with E-state index in [-0.39, 0.29) is 18.0 Å². The van der Waals surface area contributed by atoms with Crippen LogP contribution in [0.25, 0.3) is 0 Å². The zero-order chi connectivity index (χ0) is 15.2. The molecule has 0 aromatic heterocycles. The molecule has 0 aliphatic carbocycles. The Morgan fingerprint density at radius 1 is 1.35 bits per heavy atom. The normalized spacial score (nSPS) is 12.8. The SMILES string of the molecule is CN(CCOc1ccc(/C(N)=N/O)cc1)C(C)(C)CO. The van der Waals surface area contributed by atoms with Crippen molar-refractivity contribution < 1.29 is 15.1 Å². The van der Waals surface area contributed by atoms with Gasteiger partial charge in [0.15, 0.2) is 5.84 Å². The molecule has 1 rings (SSSR count). The summed E-state index contributed by atoms with van der Waals surface area (Å²) in [5.74, 6) is 0.788. The van der Waals surface area contributed by atoms with Crippen molar-refractivity contribution in [2.45, 2.75) is 19.4 Å². The van der Waals surface area contributed by atoms with E-state index in [0.717, 1.165) is 5.75 Å². The Hall–Kier alpha value is -1.79. The number of nitrogens with two attached hydrogens (primary N) is 1. The lowest BCUT2D eigenvalue weighted by atomic mass is 10.1. The predicted octanol–water partition coefficient (Wildman–Crippen LogP) is 0.863. The van der Waals surface area contributed by atoms with Crippen LogP contribution in [0.3, 0.4) is 0 Å². The fraction of sp³-hybridized carbons (Fsp3) is 0.500. The molecule has 0 unspecified atom stereocenters. The highest BCUT2D eigenvalue weighted by Crippen LogP contribution is 2.13. The topological polar surface area (TPSA) is 91.3 Å². The molecule has 0 heterocycles. The van der Waals surface area contributed by atoms with Crippen LogP contribution in [0.2, 0.25) is 0 Å². The number of likely N-dealkylation sites (N-methyl/N-ethyl adjacent to an activating group) is 1. The van der Waals surface area contributed by atoms with E-state index in [9.17, 15) is 5.11 Å². The van der Waals surface area contributed by atoms with Gasteiger partial charge in [-0.3, -0.25) is 4.90 Å². The largest absolute Gasteiger partial charge is 0.492 e. The van der Waals surface area contributed by atoms with Crippen LogP contribution in [0.15, 0.2) is 29.4 Å². The molecule has 0 radical (unpaired) electrons. The van der Waals surface area contributed by atoms with Gasteiger partial charge in [-0.05, 0) is 45.2 Å². The van der Waals surface area contributed by atoms with E-state index in [4.69, 9.17) is 15.7 Å². The van der Waals surface area contributed by atoms with E-state index in [0.29, 0.717) is 18.7 Å². The van der Waals surface area contributed by atoms with Crippen LogP contribution in [-0.2, 0) is 0 Å². The summed E-state index contributed by atoms with van der Waals surface area (Å²) in [6.45, 7) is 5.26. The summed E-state index contributed by atoms with van der Waals surface area (Å²) in [6.07, 6.45) is 0. The van der Waals surface area contributed by atoms with Crippen molar-refractivity contribution in [2.24, 2.45) is 10.9 Å². The minimum Gasteiger partial charge on any atom is -0.492 e. The van der Waals surface area contributed by atoms with Gasteiger partial charge in [0.1, 0.15) is 12.4 Å². The molecule has 0 aliphatic rings. The lowest BCUT2D eigenvalue weighted by Crippen LogP contribution is -2.45. The Balaban J connectivity index is 2.47. The van der Waals surface area contributed by atoms with Crippen LogP contribution in [0.4, 0.5) is 0 Å². The number of rotatable bonds is 7. The number of benzene rings is 1. The van der Waals surface area contributed by atoms with E-state index in [1.807, 2.05) is 25.8 Å². The van der Waals surface area contributed by atoms with E-state index in [1.54, 1.807) is 24.3 Å². The van der Waals surface area contributed by atoms with Crippen molar-refractivity contribution in [1.82, 2.24) is 4.90 Å². The van der Waals surface area contributed by atoms with Gasteiger partial charge in [0.25, 0.3) is 0 Å². The Labute approximate surface area is 119 Å². The van der Waals surface area contributed by atoms with Gasteiger partial charge < -0.3 is 20.8 Å². The third kappa shape index (κ3) is 4.40. The third-order valence-electron chi connectivity index (χ3n) is 3.37. The molecule has 0 fully saturated rings. The van der Waals surface area contributed by atoms with Gasteiger partial charge >= 0.3 is 0 Å². The zero-order valence-corrected chi connectivity index (χ0v) is 12.2. The second-order valence-corrected chi connectivity index (χ2v) is 5.25. The first-order valence-corrected chi connectivity index (χ1v) is 6.43. The lowest BCUT2D eigenvalue weighted by molar-refractivity contribution is 0.0679. The molecule has 1 aromatic carbocycles. The highest BCUT2D eigenvalue weighted by Gasteiger charge is 2.21. The summed E-state index contributed by atoms with van der Waals surface area (Å²) in [4.78, 5) is 2.04. The molecule has 4 N–H and O–H groups in total. The summed E-state index contributed by atoms with van der Waals surface area (Å²) in [5.41, 5.74) is 5.85. The molecule has 0 aliphatic heterocycles. The van der Waals surface area contributed by atoms with Crippen LogP contribution in [-0.4, -0.2) is 53.4 Å². The van der Waals surface area contributed by atoms with Crippen molar-refractivity contribution in [3.8, 4) is 5.75 Å². The van der Waals surface area contributed by atoms with Crippen molar-refractivity contribution in [3.05, 3.63) is 29.8 Å². The number of ether oxygens (including phenoxy) is 1. The number of nitrogens with zero attached hydrogens (tertiary/aromatic N) is 2. The molecular weight excluding hydrogens is 258 g/mol. The first-order valence-electron chi connectivity index (χ1n) is 6.43. The van der Waals surface area contributed by atoms with Crippen molar-refractivity contribution in [1.29, 1.82) is 0 Å². The second-order valence-electron chi connectivity index (χ2n) is 5.25. The van der Waals surface area contributed by atoms with Crippen LogP contribution in [0.5, 0.6) is 5.75 Å². The van der Waals surface area contributed by atoms with Crippen LogP contribution in [0.1, 0.15) is 19.4 Å². The maximum Gasteiger partial charge on any atom is 0.170 e. The maximum absolute atomic E-state index is 9.26. The van der Waals surface area contributed by atoms with Gasteiger partial charge in [-0.15, -0.1) is 0 Å². The first kappa shape index (κ1) is 16.3. The second kappa shape index (κ2) is 7.12. The Morgan fingerprint density at radius 3 is 2.45 bits per heavy atom. The van der Waals surface area contributed by atoms with Crippen molar-refractivity contribution in [3.63, 3.8) is 0 Å². The van der Waals surface area contributed by atoms with Gasteiger partial charge in [0.2, 0.25) is 0 Å². The summed E-state index contributed by atoms with van der Waals surface area (Å²) in [7, 11) is 1.95. The molecule has 20 heavy (non-hydrogen) atoms. The summed E-state index contributed by atoms with van der Waals surface area (Å²) < 4.78 is 5.62. The Kier molecular flexibility index (Phi) is 5.79. The van der Waals surface area contributed by atoms with Gasteiger partial charge in [-0.2, -0.15) is 0 Å². The molecule has 0 saturated carbocycles. The van der Waals surface area contributed by atoms with E-state index < -0.39 is 0 Å². The molecule has 0 bridgehead atoms. The molecule has 1 aromatic rings. The standard InChI is InChI=1S/C14H23N3O3/c1-14(2,10-18)17(3)8-9-20-12-6-4-11(5-7-12)13(15)16-19/h4-7,18-19H,8-10H2,1-3H3,(H2,15,16). The fourth-order valence-electron chi connectivity index (χ4n) is 1.50. The minimum atomic E-state index is -0.265. The highest BCUT2D eigenvalue weighted by atomic mass is 16.5. The number of amidine groups is 1. The number of aliphatic hydroxyl groups is 1. The Morgan fingerprint density at radius 2 is 1.95 bits per heavy atom. The summed E-state index contributed by atoms with van der Waals surface area (Å²) in [6, 6.07) is 6.99. The lowest BCUT2D eigenvalue weighted by Gasteiger charge is -2.33. The summed E-state index contributed by atoms with van der Waals surface area (Å²) in [5, 5.41) is 20.8. The van der Waals surface area contributed by atoms with E-state index in [2.05, 4.69) is 5.16 Å². The fourth-order valence-corrected chi connectivity index (χ4v) is 1.50. The average molecular weight is 281 g/mol. The number of aliphatic hydroxyl groups excluding tert-OH is 1. The number of hydrogen-bond acceptors (Lipinski definition) is 5. The predicted molar refractivity (Wildman–Crippen MR) is 78.2 cm³/mol. The van der Waals surface area contributed by atoms with Crippen molar-refractivity contribution >= 4 is 5.84 Å². The molecule has 112 valence electrons. The third-order valence-corrected chi connectivity index (χ3v) is 3.37. The maximum atomic E-state index is 9.26. The molecular formula is C14H23N3O3. The molecule has 0 spiro atoms. The zero-order valence-electron chi connectivity index (χ0n) is 12.2. The van der Waals surface area contributed by atoms with Gasteiger partial charge in [0, 0.05) is 17.6 Å². The number of oxime groups is 1. The highest BCUT2D eigenvalue weighted by molar-refractivity contribution is 5.97. The monoisotopic (exact) mass is 281 g/mol. The van der Waals surface area contributed by atoms with Crippen LogP contribution >= 0.6 is 0 Å². The molecule has 0 atom stereocenters. The van der Waals surface area contributed by atoms with Gasteiger partial charge in [-0.1, -0.05) is 5.16 Å². The molecule has 6 nitrogen and oxygen atoms in total. The molecule has 0 saturated heterocycles. The van der Waals surface area contributed by atoms with Gasteiger partial charge in [0.05, 0.1) is 6.61 Å². The minimum absolute atomic E-state index is 0.0704. The van der Waals surface area contributed by atoms with Crippen LogP contribution < -0.4 is 10.5 Å². The molecule has 0 amide bonds. The quantitative estimate of drug-likeness (QED) is 0.298. The Bertz CT molecular complexity index is 443. The average Bonchev–Trinajstić information content (AvgIpc) is 2.47. The first-order chi connectivity index (χ1) is 9.40. The number of hydrogen-bond donors (Lipinski definition) is 3. The van der Waals surface area contributed by atoms with E-state index in [1.165, 1.54) is 0 Å². The van der Waals surface area contributed by atoms with E-state index >= 15 is 0 Å². The van der Waals surface area contributed by atoms with Gasteiger partial charge in [-0.25, -0.2) is 0 Å². The van der Waals surface area contributed by atoms with Crippen molar-refractivity contribution in [2.75, 3.05) is 26.8 Å². The summed E-state index contributed by atoms with van der Waals surface area (Å²) >= 11 is 0. The van der Waals surface area contributed by atoms with Crippen LogP contribution in [0, 0.1) is 0 Å².